The number of aromatic nitrogens is 2. The van der Waals surface area contributed by atoms with Crippen LogP contribution in [0.4, 0.5) is 11.5 Å². The van der Waals surface area contributed by atoms with Crippen molar-refractivity contribution in [2.45, 2.75) is 25.4 Å². The predicted octanol–water partition coefficient (Wildman–Crippen LogP) is 2.90. The Morgan fingerprint density at radius 1 is 1.31 bits per heavy atom. The molecule has 3 heterocycles. The number of halogens is 2. The Bertz CT molecular complexity index is 943. The Morgan fingerprint density at radius 2 is 2.07 bits per heavy atom. The number of hydrogen-bond acceptors (Lipinski definition) is 8. The van der Waals surface area contributed by atoms with Crippen LogP contribution in [0.25, 0.3) is 0 Å². The van der Waals surface area contributed by atoms with Crippen molar-refractivity contribution in [3.8, 4) is 0 Å². The highest BCUT2D eigenvalue weighted by Gasteiger charge is 2.53. The fourth-order valence-corrected chi connectivity index (χ4v) is 4.06. The van der Waals surface area contributed by atoms with Gasteiger partial charge in [0, 0.05) is 17.8 Å². The summed E-state index contributed by atoms with van der Waals surface area (Å²) in [5.74, 6) is -0.0824. The summed E-state index contributed by atoms with van der Waals surface area (Å²) in [6.07, 6.45) is 1.18. The lowest BCUT2D eigenvalue weighted by atomic mass is 10.2. The number of nitrogens with zero attached hydrogens (tertiary/aromatic N) is 4. The molecule has 1 N–H and O–H groups in total. The van der Waals surface area contributed by atoms with Crippen molar-refractivity contribution in [2.24, 2.45) is 0 Å². The largest absolute Gasteiger partial charge is 0.463 e. The molecular formula is C19H18Cl2N4O4. The summed E-state index contributed by atoms with van der Waals surface area (Å²) < 4.78 is 11.1. The van der Waals surface area contributed by atoms with Gasteiger partial charge in [-0.15, -0.1) is 0 Å². The fourth-order valence-electron chi connectivity index (χ4n) is 3.59. The molecule has 10 heteroatoms. The van der Waals surface area contributed by atoms with Crippen LogP contribution in [0.1, 0.15) is 18.7 Å². The van der Waals surface area contributed by atoms with Gasteiger partial charge in [0.25, 0.3) is 0 Å². The Labute approximate surface area is 177 Å². The van der Waals surface area contributed by atoms with E-state index in [4.69, 9.17) is 32.7 Å². The first-order valence-electron chi connectivity index (χ1n) is 9.01. The Balaban J connectivity index is 1.82. The van der Waals surface area contributed by atoms with Gasteiger partial charge in [0.2, 0.25) is 5.28 Å². The zero-order valence-electron chi connectivity index (χ0n) is 15.4. The van der Waals surface area contributed by atoms with Gasteiger partial charge >= 0.3 is 5.97 Å². The standard InChI is InChI=1S/C19H18Cl2N4O4/c1-2-28-13(27)8-9-24-16-14(15(20)22-19(21)23-16)25-17(24)12(10-26)29-18(25)11-6-4-3-5-7-11/h3-9,12,17-18,26H,2,10H2,1H3/b9-8+. The molecule has 2 aliphatic rings. The first kappa shape index (κ1) is 19.9. The second-order valence-corrected chi connectivity index (χ2v) is 7.07. The molecule has 1 saturated heterocycles. The van der Waals surface area contributed by atoms with Crippen molar-refractivity contribution in [3.05, 3.63) is 58.6 Å². The summed E-state index contributed by atoms with van der Waals surface area (Å²) in [4.78, 5) is 23.8. The van der Waals surface area contributed by atoms with E-state index in [1.54, 1.807) is 11.8 Å². The van der Waals surface area contributed by atoms with Crippen LogP contribution in [0, 0.1) is 0 Å². The number of aliphatic hydroxyl groups excluding tert-OH is 1. The van der Waals surface area contributed by atoms with Crippen LogP contribution in [0.15, 0.2) is 42.6 Å². The summed E-state index contributed by atoms with van der Waals surface area (Å²) in [7, 11) is 0. The van der Waals surface area contributed by atoms with Gasteiger partial charge in [-0.3, -0.25) is 0 Å². The third kappa shape index (κ3) is 3.53. The summed E-state index contributed by atoms with van der Waals surface area (Å²) in [5, 5.41) is 10.1. The number of aliphatic hydroxyl groups is 1. The van der Waals surface area contributed by atoms with Gasteiger partial charge in [0.1, 0.15) is 18.0 Å². The van der Waals surface area contributed by atoms with E-state index in [1.165, 1.54) is 12.3 Å². The maximum Gasteiger partial charge on any atom is 0.332 e. The Morgan fingerprint density at radius 3 is 2.76 bits per heavy atom. The number of carbonyl (C=O) groups excluding carboxylic acids is 1. The van der Waals surface area contributed by atoms with Crippen molar-refractivity contribution >= 4 is 40.7 Å². The minimum absolute atomic E-state index is 0.0258. The molecule has 2 aliphatic heterocycles. The normalized spacial score (nSPS) is 22.8. The van der Waals surface area contributed by atoms with Crippen LogP contribution in [-0.4, -0.2) is 46.5 Å². The number of anilines is 2. The summed E-state index contributed by atoms with van der Waals surface area (Å²) in [6.45, 7) is 1.73. The zero-order chi connectivity index (χ0) is 20.5. The molecule has 1 fully saturated rings. The highest BCUT2D eigenvalue weighted by atomic mass is 35.5. The van der Waals surface area contributed by atoms with Gasteiger partial charge in [-0.2, -0.15) is 4.98 Å². The molecule has 29 heavy (non-hydrogen) atoms. The second kappa shape index (κ2) is 8.16. The van der Waals surface area contributed by atoms with Crippen molar-refractivity contribution < 1.29 is 19.4 Å². The molecule has 1 aromatic carbocycles. The lowest BCUT2D eigenvalue weighted by Crippen LogP contribution is -2.44. The average Bonchev–Trinajstić information content (AvgIpc) is 3.22. The Hall–Kier alpha value is -2.39. The van der Waals surface area contributed by atoms with Gasteiger partial charge in [0.15, 0.2) is 17.2 Å². The van der Waals surface area contributed by atoms with E-state index in [0.29, 0.717) is 11.5 Å². The summed E-state index contributed by atoms with van der Waals surface area (Å²) in [5.41, 5.74) is 1.39. The number of fused-ring (bicyclic) bond motifs is 3. The van der Waals surface area contributed by atoms with Gasteiger partial charge in [-0.25, -0.2) is 9.78 Å². The maximum atomic E-state index is 11.9. The first-order valence-corrected chi connectivity index (χ1v) is 9.76. The van der Waals surface area contributed by atoms with Gasteiger partial charge in [-0.1, -0.05) is 41.9 Å². The van der Waals surface area contributed by atoms with E-state index in [9.17, 15) is 9.90 Å². The molecule has 3 unspecified atom stereocenters. The minimum Gasteiger partial charge on any atom is -0.463 e. The van der Waals surface area contributed by atoms with Crippen LogP contribution in [0.3, 0.4) is 0 Å². The van der Waals surface area contributed by atoms with E-state index < -0.39 is 24.5 Å². The molecule has 4 rings (SSSR count). The van der Waals surface area contributed by atoms with E-state index in [1.807, 2.05) is 35.2 Å². The number of benzene rings is 1. The molecule has 3 atom stereocenters. The van der Waals surface area contributed by atoms with Crippen molar-refractivity contribution in [3.63, 3.8) is 0 Å². The average molecular weight is 437 g/mol. The molecule has 0 spiro atoms. The van der Waals surface area contributed by atoms with Crippen LogP contribution in [0.2, 0.25) is 10.4 Å². The fraction of sp³-hybridized carbons (Fsp3) is 0.316. The smallest absolute Gasteiger partial charge is 0.332 e. The molecule has 8 nitrogen and oxygen atoms in total. The lowest BCUT2D eigenvalue weighted by molar-refractivity contribution is -0.137. The molecule has 0 amide bonds. The number of carbonyl (C=O) groups is 1. The van der Waals surface area contributed by atoms with Crippen LogP contribution in [0.5, 0.6) is 0 Å². The monoisotopic (exact) mass is 436 g/mol. The quantitative estimate of drug-likeness (QED) is 0.331. The third-order valence-electron chi connectivity index (χ3n) is 4.68. The van der Waals surface area contributed by atoms with Crippen LogP contribution >= 0.6 is 23.2 Å². The molecule has 0 aliphatic carbocycles. The number of esters is 1. The molecule has 0 saturated carbocycles. The summed E-state index contributed by atoms with van der Waals surface area (Å²) >= 11 is 12.5. The van der Waals surface area contributed by atoms with Gasteiger partial charge in [-0.05, 0) is 18.5 Å². The number of hydrogen-bond donors (Lipinski definition) is 1. The highest BCUT2D eigenvalue weighted by Crippen LogP contribution is 2.52. The zero-order valence-corrected chi connectivity index (χ0v) is 16.9. The topological polar surface area (TPSA) is 88.0 Å². The van der Waals surface area contributed by atoms with Crippen LogP contribution in [-0.2, 0) is 14.3 Å². The number of rotatable bonds is 5. The van der Waals surface area contributed by atoms with E-state index >= 15 is 0 Å². The summed E-state index contributed by atoms with van der Waals surface area (Å²) in [6, 6.07) is 9.54. The highest BCUT2D eigenvalue weighted by molar-refractivity contribution is 6.34. The predicted molar refractivity (Wildman–Crippen MR) is 108 cm³/mol. The van der Waals surface area contributed by atoms with Crippen molar-refractivity contribution in [1.29, 1.82) is 0 Å². The Kier molecular flexibility index (Phi) is 5.60. The van der Waals surface area contributed by atoms with Gasteiger partial charge in [0.05, 0.1) is 13.2 Å². The first-order chi connectivity index (χ1) is 14.0. The molecule has 152 valence electrons. The molecule has 2 aromatic rings. The van der Waals surface area contributed by atoms with Crippen molar-refractivity contribution in [1.82, 2.24) is 9.97 Å². The van der Waals surface area contributed by atoms with E-state index in [2.05, 4.69) is 9.97 Å². The van der Waals surface area contributed by atoms with E-state index in [-0.39, 0.29) is 23.7 Å². The molecular weight excluding hydrogens is 419 g/mol. The third-order valence-corrected chi connectivity index (χ3v) is 5.11. The SMILES string of the molecule is CCOC(=O)/C=C/N1c2nc(Cl)nc(Cl)c2N2C(c3ccccc3)OC(CO)C12. The molecule has 1 aromatic heterocycles. The van der Waals surface area contributed by atoms with Crippen molar-refractivity contribution in [2.75, 3.05) is 23.0 Å². The van der Waals surface area contributed by atoms with Crippen LogP contribution < -0.4 is 9.80 Å². The lowest BCUT2D eigenvalue weighted by Gasteiger charge is -2.27. The van der Waals surface area contributed by atoms with E-state index in [0.717, 1.165) is 5.56 Å². The number of ether oxygens (including phenoxy) is 2. The second-order valence-electron chi connectivity index (χ2n) is 6.37. The molecule has 0 bridgehead atoms. The minimum atomic E-state index is -0.601. The van der Waals surface area contributed by atoms with Gasteiger partial charge < -0.3 is 24.4 Å². The maximum absolute atomic E-state index is 11.9. The molecule has 0 radical (unpaired) electrons.